The van der Waals surface area contributed by atoms with Gasteiger partial charge in [-0.25, -0.2) is 9.78 Å². The lowest BCUT2D eigenvalue weighted by Crippen LogP contribution is -2.22. The third-order valence-corrected chi connectivity index (χ3v) is 5.22. The first kappa shape index (κ1) is 21.8. The molecule has 0 unspecified atom stereocenters. The van der Waals surface area contributed by atoms with Gasteiger partial charge in [0.2, 0.25) is 0 Å². The molecular weight excluding hydrogens is 435 g/mol. The van der Waals surface area contributed by atoms with Crippen LogP contribution in [0.15, 0.2) is 24.3 Å². The van der Waals surface area contributed by atoms with Crippen LogP contribution in [-0.2, 0) is 9.53 Å². The number of aryl methyl sites for hydroxylation is 1. The van der Waals surface area contributed by atoms with Crippen molar-refractivity contribution < 1.29 is 19.2 Å². The molecule has 1 N–H and O–H groups in total. The Morgan fingerprint density at radius 1 is 1.23 bits per heavy atom. The van der Waals surface area contributed by atoms with Crippen molar-refractivity contribution in [2.24, 2.45) is 0 Å². The van der Waals surface area contributed by atoms with Gasteiger partial charge in [0.25, 0.3) is 11.6 Å². The first-order chi connectivity index (χ1) is 14.3. The standard InChI is InChI=1S/C19H18Cl2N4O5/c1-11-13(20)9-14(21)18(22-11)23-17(26)10-30-19(27)12-4-5-15(16(8-12)25(28)29)24-6-2-3-7-24/h4-5,8-9H,2-3,6-7,10H2,1H3,(H,22,23,26). The average molecular weight is 453 g/mol. The third kappa shape index (κ3) is 4.98. The van der Waals surface area contributed by atoms with Gasteiger partial charge in [0, 0.05) is 19.2 Å². The van der Waals surface area contributed by atoms with Crippen LogP contribution >= 0.6 is 23.2 Å². The summed E-state index contributed by atoms with van der Waals surface area (Å²) < 4.78 is 4.97. The Kier molecular flexibility index (Phi) is 6.73. The van der Waals surface area contributed by atoms with E-state index in [9.17, 15) is 19.7 Å². The monoisotopic (exact) mass is 452 g/mol. The molecule has 0 saturated carbocycles. The van der Waals surface area contributed by atoms with Crippen molar-refractivity contribution >= 4 is 52.3 Å². The molecule has 1 fully saturated rings. The minimum Gasteiger partial charge on any atom is -0.452 e. The van der Waals surface area contributed by atoms with Crippen LogP contribution in [0.4, 0.5) is 17.2 Å². The van der Waals surface area contributed by atoms with E-state index in [2.05, 4.69) is 10.3 Å². The molecule has 0 radical (unpaired) electrons. The maximum absolute atomic E-state index is 12.3. The molecule has 2 heterocycles. The van der Waals surface area contributed by atoms with E-state index >= 15 is 0 Å². The van der Waals surface area contributed by atoms with E-state index in [0.29, 0.717) is 16.4 Å². The molecular formula is C19H18Cl2N4O5. The zero-order chi connectivity index (χ0) is 21.8. The number of carbonyl (C=O) groups excluding carboxylic acids is 2. The molecule has 11 heteroatoms. The molecule has 0 aliphatic carbocycles. The molecule has 1 aromatic heterocycles. The molecule has 158 valence electrons. The number of nitro groups is 1. The Hall–Kier alpha value is -2.91. The number of hydrogen-bond donors (Lipinski definition) is 1. The predicted octanol–water partition coefficient (Wildman–Crippen LogP) is 4.00. The number of halogens is 2. The lowest BCUT2D eigenvalue weighted by Gasteiger charge is -2.17. The quantitative estimate of drug-likeness (QED) is 0.399. The van der Waals surface area contributed by atoms with E-state index in [0.717, 1.165) is 32.0 Å². The van der Waals surface area contributed by atoms with Crippen LogP contribution in [0.2, 0.25) is 10.0 Å². The summed E-state index contributed by atoms with van der Waals surface area (Å²) in [6, 6.07) is 5.57. The van der Waals surface area contributed by atoms with Crippen LogP contribution in [0.25, 0.3) is 0 Å². The Bertz CT molecular complexity index is 1010. The summed E-state index contributed by atoms with van der Waals surface area (Å²) in [5.41, 5.74) is 0.740. The number of esters is 1. The highest BCUT2D eigenvalue weighted by molar-refractivity contribution is 6.36. The van der Waals surface area contributed by atoms with Gasteiger partial charge < -0.3 is 15.0 Å². The van der Waals surface area contributed by atoms with Crippen LogP contribution < -0.4 is 10.2 Å². The molecule has 30 heavy (non-hydrogen) atoms. The van der Waals surface area contributed by atoms with Gasteiger partial charge in [0.15, 0.2) is 12.4 Å². The Morgan fingerprint density at radius 3 is 2.60 bits per heavy atom. The second kappa shape index (κ2) is 9.27. The second-order valence-electron chi connectivity index (χ2n) is 6.67. The van der Waals surface area contributed by atoms with Crippen molar-refractivity contribution in [3.05, 3.63) is 55.7 Å². The highest BCUT2D eigenvalue weighted by atomic mass is 35.5. The molecule has 3 rings (SSSR count). The summed E-state index contributed by atoms with van der Waals surface area (Å²) in [6.07, 6.45) is 1.92. The number of pyridine rings is 1. The summed E-state index contributed by atoms with van der Waals surface area (Å²) >= 11 is 11.9. The number of ether oxygens (including phenoxy) is 1. The molecule has 0 atom stereocenters. The normalized spacial score (nSPS) is 13.2. The zero-order valence-corrected chi connectivity index (χ0v) is 17.5. The zero-order valence-electron chi connectivity index (χ0n) is 16.0. The number of nitrogens with one attached hydrogen (secondary N) is 1. The minimum absolute atomic E-state index is 0.0176. The molecule has 0 bridgehead atoms. The fraction of sp³-hybridized carbons (Fsp3) is 0.316. The summed E-state index contributed by atoms with van der Waals surface area (Å²) in [5.74, 6) is -1.43. The van der Waals surface area contributed by atoms with Crippen LogP contribution in [-0.4, -0.2) is 41.5 Å². The number of rotatable bonds is 6. The van der Waals surface area contributed by atoms with Crippen molar-refractivity contribution in [2.45, 2.75) is 19.8 Å². The maximum atomic E-state index is 12.3. The van der Waals surface area contributed by atoms with Gasteiger partial charge in [-0.2, -0.15) is 0 Å². The summed E-state index contributed by atoms with van der Waals surface area (Å²) in [5, 5.41) is 14.4. The van der Waals surface area contributed by atoms with E-state index in [1.165, 1.54) is 18.2 Å². The lowest BCUT2D eigenvalue weighted by atomic mass is 10.1. The number of hydrogen-bond acceptors (Lipinski definition) is 7. The smallest absolute Gasteiger partial charge is 0.338 e. The van der Waals surface area contributed by atoms with Crippen molar-refractivity contribution in [1.29, 1.82) is 0 Å². The maximum Gasteiger partial charge on any atom is 0.338 e. The van der Waals surface area contributed by atoms with Gasteiger partial charge in [-0.1, -0.05) is 23.2 Å². The van der Waals surface area contributed by atoms with E-state index in [1.807, 2.05) is 4.90 Å². The number of nitro benzene ring substituents is 1. The van der Waals surface area contributed by atoms with E-state index in [-0.39, 0.29) is 22.1 Å². The highest BCUT2D eigenvalue weighted by Crippen LogP contribution is 2.32. The number of aromatic nitrogens is 1. The van der Waals surface area contributed by atoms with Crippen molar-refractivity contribution in [1.82, 2.24) is 4.98 Å². The number of benzene rings is 1. The largest absolute Gasteiger partial charge is 0.452 e. The third-order valence-electron chi connectivity index (χ3n) is 4.55. The fourth-order valence-corrected chi connectivity index (χ4v) is 3.46. The number of anilines is 2. The van der Waals surface area contributed by atoms with Gasteiger partial charge in [-0.15, -0.1) is 0 Å². The van der Waals surface area contributed by atoms with Gasteiger partial charge in [-0.3, -0.25) is 14.9 Å². The molecule has 1 aromatic carbocycles. The van der Waals surface area contributed by atoms with Crippen LogP contribution in [0.1, 0.15) is 28.9 Å². The molecule has 9 nitrogen and oxygen atoms in total. The second-order valence-corrected chi connectivity index (χ2v) is 7.48. The molecule has 1 saturated heterocycles. The van der Waals surface area contributed by atoms with Crippen molar-refractivity contribution in [3.8, 4) is 0 Å². The van der Waals surface area contributed by atoms with Gasteiger partial charge >= 0.3 is 5.97 Å². The molecule has 1 amide bonds. The molecule has 2 aromatic rings. The van der Waals surface area contributed by atoms with Crippen LogP contribution in [0.3, 0.4) is 0 Å². The minimum atomic E-state index is -0.854. The fourth-order valence-electron chi connectivity index (χ4n) is 3.05. The van der Waals surface area contributed by atoms with Crippen molar-refractivity contribution in [2.75, 3.05) is 29.9 Å². The van der Waals surface area contributed by atoms with Gasteiger partial charge in [0.1, 0.15) is 5.69 Å². The molecule has 0 spiro atoms. The van der Waals surface area contributed by atoms with E-state index in [1.54, 1.807) is 6.92 Å². The van der Waals surface area contributed by atoms with Gasteiger partial charge in [0.05, 0.1) is 26.2 Å². The number of carbonyl (C=O) groups is 2. The van der Waals surface area contributed by atoms with E-state index in [4.69, 9.17) is 27.9 Å². The van der Waals surface area contributed by atoms with Crippen LogP contribution in [0, 0.1) is 17.0 Å². The first-order valence-corrected chi connectivity index (χ1v) is 9.85. The van der Waals surface area contributed by atoms with Crippen molar-refractivity contribution in [3.63, 3.8) is 0 Å². The van der Waals surface area contributed by atoms with Crippen LogP contribution in [0.5, 0.6) is 0 Å². The Balaban J connectivity index is 1.66. The Labute approximate surface area is 182 Å². The number of amides is 1. The summed E-state index contributed by atoms with van der Waals surface area (Å²) in [6.45, 7) is 2.49. The number of nitrogens with zero attached hydrogens (tertiary/aromatic N) is 3. The highest BCUT2D eigenvalue weighted by Gasteiger charge is 2.24. The molecule has 1 aliphatic rings. The average Bonchev–Trinajstić information content (AvgIpc) is 3.24. The Morgan fingerprint density at radius 2 is 1.93 bits per heavy atom. The molecule has 1 aliphatic heterocycles. The first-order valence-electron chi connectivity index (χ1n) is 9.09. The van der Waals surface area contributed by atoms with Gasteiger partial charge in [-0.05, 0) is 38.0 Å². The summed E-state index contributed by atoms with van der Waals surface area (Å²) in [4.78, 5) is 41.2. The topological polar surface area (TPSA) is 115 Å². The van der Waals surface area contributed by atoms with E-state index < -0.39 is 23.4 Å². The SMILES string of the molecule is Cc1nc(NC(=O)COC(=O)c2ccc(N3CCCC3)c([N+](=O)[O-])c2)c(Cl)cc1Cl. The summed E-state index contributed by atoms with van der Waals surface area (Å²) in [7, 11) is 0. The lowest BCUT2D eigenvalue weighted by molar-refractivity contribution is -0.384. The predicted molar refractivity (Wildman–Crippen MR) is 112 cm³/mol.